The first-order chi connectivity index (χ1) is 18.1. The van der Waals surface area contributed by atoms with E-state index in [1.807, 2.05) is 0 Å². The number of thiazole rings is 1. The van der Waals surface area contributed by atoms with Gasteiger partial charge in [-0.1, -0.05) is 48.0 Å². The quantitative estimate of drug-likeness (QED) is 0.466. The molecule has 2 N–H and O–H groups in total. The number of primary amides is 1. The number of halogens is 3. The van der Waals surface area contributed by atoms with Crippen LogP contribution in [0.25, 0.3) is 11.1 Å². The lowest BCUT2D eigenvalue weighted by Gasteiger charge is -2.24. The number of Topliss-reactive ketones (excluding diaryl/α,β-unsaturated/α-hetero) is 1. The second kappa shape index (κ2) is 10.3. The average molecular weight is 557 g/mol. The third-order valence-corrected chi connectivity index (χ3v) is 8.05. The van der Waals surface area contributed by atoms with Crippen LogP contribution >= 0.6 is 22.9 Å². The molecule has 0 bridgehead atoms. The van der Waals surface area contributed by atoms with E-state index in [0.717, 1.165) is 0 Å². The summed E-state index contributed by atoms with van der Waals surface area (Å²) in [5.41, 5.74) is 6.86. The molecule has 5 rings (SSSR count). The molecule has 3 aromatic rings. The average Bonchev–Trinajstić information content (AvgIpc) is 3.54. The number of hydrogen-bond acceptors (Lipinski definition) is 6. The number of alkyl halides is 1. The van der Waals surface area contributed by atoms with E-state index in [0.29, 0.717) is 26.2 Å². The molecule has 2 aliphatic rings. The molecule has 38 heavy (non-hydrogen) atoms. The number of ketones is 1. The van der Waals surface area contributed by atoms with Crippen molar-refractivity contribution in [2.45, 2.75) is 44.4 Å². The molecular weight excluding hydrogens is 534 g/mol. The summed E-state index contributed by atoms with van der Waals surface area (Å²) in [4.78, 5) is 48.7. The summed E-state index contributed by atoms with van der Waals surface area (Å²) in [5.74, 6) is -2.27. The summed E-state index contributed by atoms with van der Waals surface area (Å²) in [5, 5.41) is 1.07. The molecule has 1 saturated heterocycles. The highest BCUT2D eigenvalue weighted by Gasteiger charge is 2.42. The smallest absolute Gasteiger partial charge is 0.268 e. The van der Waals surface area contributed by atoms with Crippen molar-refractivity contribution in [3.8, 4) is 11.1 Å². The Morgan fingerprint density at radius 3 is 2.63 bits per heavy atom. The fourth-order valence-corrected chi connectivity index (χ4v) is 6.20. The van der Waals surface area contributed by atoms with Crippen LogP contribution in [0, 0.1) is 12.7 Å². The van der Waals surface area contributed by atoms with Crippen LogP contribution in [-0.4, -0.2) is 52.0 Å². The van der Waals surface area contributed by atoms with Gasteiger partial charge in [-0.05, 0) is 18.6 Å². The minimum absolute atomic E-state index is 0.0645. The normalized spacial score (nSPS) is 20.4. The highest BCUT2D eigenvalue weighted by atomic mass is 35.5. The maximum Gasteiger partial charge on any atom is 0.268 e. The predicted octanol–water partition coefficient (Wildman–Crippen LogP) is 4.38. The second-order valence-electron chi connectivity index (χ2n) is 9.31. The van der Waals surface area contributed by atoms with Gasteiger partial charge in [-0.15, -0.1) is 11.3 Å². The van der Waals surface area contributed by atoms with Gasteiger partial charge in [0.1, 0.15) is 23.7 Å². The third-order valence-electron chi connectivity index (χ3n) is 6.73. The number of carbonyl (C=O) groups excluding carboxylic acids is 3. The van der Waals surface area contributed by atoms with Gasteiger partial charge in [0.25, 0.3) is 5.91 Å². The number of carbonyl (C=O) groups is 3. The molecule has 3 atom stereocenters. The van der Waals surface area contributed by atoms with Crippen molar-refractivity contribution < 1.29 is 23.2 Å². The lowest BCUT2D eigenvalue weighted by molar-refractivity contribution is -0.137. The number of nitrogens with two attached hydrogens (primary N) is 1. The first-order valence-electron chi connectivity index (χ1n) is 12.0. The largest absolute Gasteiger partial charge is 0.364 e. The predicted molar refractivity (Wildman–Crippen MR) is 141 cm³/mol. The number of aromatic nitrogens is 1. The molecule has 2 aromatic carbocycles. The zero-order valence-electron chi connectivity index (χ0n) is 20.3. The summed E-state index contributed by atoms with van der Waals surface area (Å²) < 4.78 is 29.9. The molecule has 0 aliphatic carbocycles. The van der Waals surface area contributed by atoms with E-state index in [9.17, 15) is 18.8 Å². The van der Waals surface area contributed by atoms with Gasteiger partial charge >= 0.3 is 0 Å². The van der Waals surface area contributed by atoms with Crippen LogP contribution in [0.4, 0.5) is 8.78 Å². The van der Waals surface area contributed by atoms with E-state index in [4.69, 9.17) is 17.3 Å². The molecule has 196 valence electrons. The van der Waals surface area contributed by atoms with Crippen LogP contribution in [0.5, 0.6) is 0 Å². The monoisotopic (exact) mass is 556 g/mol. The molecule has 0 saturated carbocycles. The zero-order valence-corrected chi connectivity index (χ0v) is 21.9. The summed E-state index contributed by atoms with van der Waals surface area (Å²) >= 11 is 7.49. The SMILES string of the molecule is Cc1nc2c(s1)C(C(N)=O)=NC2CC(=O)N1C[C@H](F)C[C@H]1C(=O)Cc1cccc(-c2ccccc2Cl)c1F. The van der Waals surface area contributed by atoms with Gasteiger partial charge in [-0.25, -0.2) is 13.8 Å². The lowest BCUT2D eigenvalue weighted by Crippen LogP contribution is -2.41. The Kier molecular flexibility index (Phi) is 7.11. The molecule has 0 radical (unpaired) electrons. The van der Waals surface area contributed by atoms with E-state index >= 15 is 4.39 Å². The van der Waals surface area contributed by atoms with Crippen molar-refractivity contribution in [3.63, 3.8) is 0 Å². The number of aryl methyl sites for hydroxylation is 1. The second-order valence-corrected chi connectivity index (χ2v) is 10.9. The number of benzene rings is 2. The van der Waals surface area contributed by atoms with Gasteiger partial charge in [0.2, 0.25) is 5.91 Å². The minimum atomic E-state index is -1.39. The molecule has 0 spiro atoms. The number of likely N-dealkylation sites (tertiary alicyclic amines) is 1. The number of amides is 2. The maximum absolute atomic E-state index is 15.4. The number of fused-ring (bicyclic) bond motifs is 1. The van der Waals surface area contributed by atoms with Gasteiger partial charge < -0.3 is 10.6 Å². The molecule has 3 heterocycles. The topological polar surface area (TPSA) is 106 Å². The van der Waals surface area contributed by atoms with Crippen LogP contribution in [-0.2, 0) is 20.8 Å². The summed E-state index contributed by atoms with van der Waals surface area (Å²) in [6.45, 7) is 1.52. The van der Waals surface area contributed by atoms with E-state index < -0.39 is 41.7 Å². The van der Waals surface area contributed by atoms with Crippen LogP contribution < -0.4 is 5.73 Å². The van der Waals surface area contributed by atoms with Crippen LogP contribution in [0.15, 0.2) is 47.5 Å². The standard InChI is InChI=1S/C27H23ClF2N4O3S/c1-13-32-24-19(33-25(27(31)37)26(24)38-13)11-22(36)34-12-15(29)10-20(34)21(35)9-14-5-4-7-17(23(14)30)16-6-2-3-8-18(16)28/h2-8,15,19-20H,9-12H2,1H3,(H2,31,37)/t15-,19?,20+/m1/s1. The zero-order chi connectivity index (χ0) is 27.1. The Balaban J connectivity index is 1.35. The molecule has 7 nitrogen and oxygen atoms in total. The van der Waals surface area contributed by atoms with Gasteiger partial charge in [-0.2, -0.15) is 0 Å². The maximum atomic E-state index is 15.4. The van der Waals surface area contributed by atoms with Gasteiger partial charge in [0.05, 0.1) is 34.6 Å². The Labute approximate surface area is 226 Å². The summed E-state index contributed by atoms with van der Waals surface area (Å²) in [6.07, 6.45) is -2.07. The molecule has 1 aromatic heterocycles. The fourth-order valence-electron chi connectivity index (χ4n) is 4.99. The highest BCUT2D eigenvalue weighted by molar-refractivity contribution is 7.14. The van der Waals surface area contributed by atoms with Crippen LogP contribution in [0.1, 0.15) is 40.0 Å². The Morgan fingerprint density at radius 2 is 1.89 bits per heavy atom. The number of aliphatic imine (C=N–C) groups is 1. The van der Waals surface area contributed by atoms with Crippen molar-refractivity contribution in [1.82, 2.24) is 9.88 Å². The summed E-state index contributed by atoms with van der Waals surface area (Å²) in [7, 11) is 0. The van der Waals surface area contributed by atoms with Crippen molar-refractivity contribution in [2.24, 2.45) is 10.7 Å². The highest BCUT2D eigenvalue weighted by Crippen LogP contribution is 2.37. The van der Waals surface area contributed by atoms with Gasteiger partial charge in [-0.3, -0.25) is 19.4 Å². The fraction of sp³-hybridized carbons (Fsp3) is 0.296. The number of nitrogens with zero attached hydrogens (tertiary/aromatic N) is 3. The first-order valence-corrected chi connectivity index (χ1v) is 13.2. The Morgan fingerprint density at radius 1 is 1.16 bits per heavy atom. The van der Waals surface area contributed by atoms with E-state index in [-0.39, 0.29) is 42.6 Å². The van der Waals surface area contributed by atoms with E-state index in [1.54, 1.807) is 43.3 Å². The van der Waals surface area contributed by atoms with Crippen molar-refractivity contribution in [1.29, 1.82) is 0 Å². The van der Waals surface area contributed by atoms with Crippen molar-refractivity contribution in [2.75, 3.05) is 6.54 Å². The summed E-state index contributed by atoms with van der Waals surface area (Å²) in [6, 6.07) is 9.70. The van der Waals surface area contributed by atoms with Gasteiger partial charge in [0, 0.05) is 29.0 Å². The van der Waals surface area contributed by atoms with E-state index in [1.165, 1.54) is 22.3 Å². The van der Waals surface area contributed by atoms with E-state index in [2.05, 4.69) is 9.98 Å². The van der Waals surface area contributed by atoms with Crippen LogP contribution in [0.2, 0.25) is 5.02 Å². The van der Waals surface area contributed by atoms with Crippen molar-refractivity contribution in [3.05, 3.63) is 74.4 Å². The number of rotatable bonds is 7. The van der Waals surface area contributed by atoms with Gasteiger partial charge in [0.15, 0.2) is 5.78 Å². The first kappa shape index (κ1) is 26.1. The Bertz CT molecular complexity index is 1490. The lowest BCUT2D eigenvalue weighted by atomic mass is 9.96. The van der Waals surface area contributed by atoms with Crippen LogP contribution in [0.3, 0.4) is 0 Å². The minimum Gasteiger partial charge on any atom is -0.364 e. The molecule has 1 fully saturated rings. The molecular formula is C27H23ClF2N4O3S. The Hall–Kier alpha value is -3.50. The third kappa shape index (κ3) is 4.86. The van der Waals surface area contributed by atoms with Crippen molar-refractivity contribution >= 4 is 46.2 Å². The number of hydrogen-bond donors (Lipinski definition) is 1. The molecule has 1 unspecified atom stereocenters. The molecule has 11 heteroatoms. The molecule has 2 amide bonds. The molecule has 2 aliphatic heterocycles.